The average Bonchev–Trinajstić information content (AvgIpc) is 3.26. The fourth-order valence-electron chi connectivity index (χ4n) is 4.68. The lowest BCUT2D eigenvalue weighted by molar-refractivity contribution is 0.0229. The summed E-state index contributed by atoms with van der Waals surface area (Å²) in [5, 5.41) is 11.0. The van der Waals surface area contributed by atoms with Crippen molar-refractivity contribution in [3.05, 3.63) is 35.7 Å². The van der Waals surface area contributed by atoms with E-state index in [1.54, 1.807) is 0 Å². The van der Waals surface area contributed by atoms with E-state index < -0.39 is 0 Å². The average molecular weight is 399 g/mol. The minimum absolute atomic E-state index is 0.321. The van der Waals surface area contributed by atoms with Crippen molar-refractivity contribution in [2.45, 2.75) is 31.0 Å². The SMILES string of the molecule is CN1C[C@H]2COC[C@@H](C1)N2c1cc2c(cnn2-c2cnn(C3CC3)c2)cc1Cl. The maximum Gasteiger partial charge on any atom is 0.103 e. The monoisotopic (exact) mass is 398 g/mol. The van der Waals surface area contributed by atoms with E-state index in [0.717, 1.165) is 53.6 Å². The number of rotatable bonds is 3. The van der Waals surface area contributed by atoms with Gasteiger partial charge in [-0.05, 0) is 32.0 Å². The van der Waals surface area contributed by atoms with Crippen LogP contribution in [-0.4, -0.2) is 69.9 Å². The van der Waals surface area contributed by atoms with Crippen molar-refractivity contribution in [1.82, 2.24) is 24.5 Å². The molecule has 8 heteroatoms. The van der Waals surface area contributed by atoms with Crippen LogP contribution in [0.4, 0.5) is 5.69 Å². The zero-order valence-corrected chi connectivity index (χ0v) is 16.6. The summed E-state index contributed by atoms with van der Waals surface area (Å²) >= 11 is 6.74. The molecular formula is C20H23ClN6O. The minimum atomic E-state index is 0.321. The predicted molar refractivity (Wildman–Crippen MR) is 109 cm³/mol. The lowest BCUT2D eigenvalue weighted by Crippen LogP contribution is -2.64. The summed E-state index contributed by atoms with van der Waals surface area (Å²) in [6, 6.07) is 5.43. The molecule has 3 aromatic rings. The Bertz CT molecular complexity index is 1030. The molecule has 2 aromatic heterocycles. The van der Waals surface area contributed by atoms with Crippen LogP contribution < -0.4 is 4.90 Å². The molecule has 0 N–H and O–H groups in total. The molecule has 2 atom stereocenters. The number of anilines is 1. The van der Waals surface area contributed by atoms with Crippen molar-refractivity contribution in [1.29, 1.82) is 0 Å². The van der Waals surface area contributed by atoms with Gasteiger partial charge in [-0.2, -0.15) is 10.2 Å². The van der Waals surface area contributed by atoms with Crippen LogP contribution in [0.15, 0.2) is 30.7 Å². The minimum Gasteiger partial charge on any atom is -0.377 e. The molecule has 28 heavy (non-hydrogen) atoms. The molecule has 0 radical (unpaired) electrons. The fourth-order valence-corrected chi connectivity index (χ4v) is 4.95. The van der Waals surface area contributed by atoms with E-state index in [4.69, 9.17) is 16.3 Å². The quantitative estimate of drug-likeness (QED) is 0.679. The van der Waals surface area contributed by atoms with Gasteiger partial charge in [-0.1, -0.05) is 11.6 Å². The van der Waals surface area contributed by atoms with Gasteiger partial charge in [-0.25, -0.2) is 4.68 Å². The molecule has 4 heterocycles. The van der Waals surface area contributed by atoms with Gasteiger partial charge in [0.1, 0.15) is 5.69 Å². The first-order valence-electron chi connectivity index (χ1n) is 9.94. The smallest absolute Gasteiger partial charge is 0.103 e. The lowest BCUT2D eigenvalue weighted by Gasteiger charge is -2.50. The number of morpholine rings is 1. The maximum atomic E-state index is 6.74. The number of hydrogen-bond donors (Lipinski definition) is 0. The Kier molecular flexibility index (Phi) is 3.73. The zero-order chi connectivity index (χ0) is 18.8. The first-order chi connectivity index (χ1) is 13.7. The molecule has 2 aliphatic heterocycles. The molecule has 0 spiro atoms. The summed E-state index contributed by atoms with van der Waals surface area (Å²) in [4.78, 5) is 4.85. The second-order valence-corrected chi connectivity index (χ2v) is 8.71. The Balaban J connectivity index is 1.44. The van der Waals surface area contributed by atoms with E-state index >= 15 is 0 Å². The second-order valence-electron chi connectivity index (χ2n) is 8.30. The Morgan fingerprint density at radius 1 is 1.04 bits per heavy atom. The van der Waals surface area contributed by atoms with Gasteiger partial charge in [0, 0.05) is 18.5 Å². The van der Waals surface area contributed by atoms with Crippen LogP contribution in [0.1, 0.15) is 18.9 Å². The molecule has 3 fully saturated rings. The van der Waals surface area contributed by atoms with Crippen LogP contribution in [0.25, 0.3) is 16.6 Å². The summed E-state index contributed by atoms with van der Waals surface area (Å²) < 4.78 is 9.87. The topological polar surface area (TPSA) is 51.4 Å². The number of benzene rings is 1. The number of aromatic nitrogens is 4. The van der Waals surface area contributed by atoms with E-state index in [9.17, 15) is 0 Å². The van der Waals surface area contributed by atoms with E-state index in [1.165, 1.54) is 12.8 Å². The number of halogens is 1. The molecule has 0 unspecified atom stereocenters. The van der Waals surface area contributed by atoms with Gasteiger partial charge in [-0.15, -0.1) is 0 Å². The highest BCUT2D eigenvalue weighted by Crippen LogP contribution is 2.38. The van der Waals surface area contributed by atoms with Gasteiger partial charge in [-0.3, -0.25) is 4.68 Å². The molecule has 2 saturated heterocycles. The van der Waals surface area contributed by atoms with Crippen LogP contribution in [0.3, 0.4) is 0 Å². The number of fused-ring (bicyclic) bond motifs is 3. The molecule has 6 rings (SSSR count). The third-order valence-electron chi connectivity index (χ3n) is 6.12. The van der Waals surface area contributed by atoms with E-state index in [2.05, 4.69) is 44.0 Å². The molecule has 2 bridgehead atoms. The maximum absolute atomic E-state index is 6.74. The number of piperazine rings is 1. The highest BCUT2D eigenvalue weighted by molar-refractivity contribution is 6.34. The lowest BCUT2D eigenvalue weighted by atomic mass is 10.0. The summed E-state index contributed by atoms with van der Waals surface area (Å²) in [5.74, 6) is 0. The highest BCUT2D eigenvalue weighted by Gasteiger charge is 2.38. The molecular weight excluding hydrogens is 376 g/mol. The Labute approximate surface area is 168 Å². The number of ether oxygens (including phenoxy) is 1. The molecule has 146 valence electrons. The molecule has 0 amide bonds. The molecule has 1 saturated carbocycles. The fraction of sp³-hybridized carbons (Fsp3) is 0.500. The van der Waals surface area contributed by atoms with Gasteiger partial charge < -0.3 is 14.5 Å². The zero-order valence-electron chi connectivity index (χ0n) is 15.8. The molecule has 3 aliphatic rings. The Morgan fingerprint density at radius 2 is 1.82 bits per heavy atom. The van der Waals surface area contributed by atoms with Gasteiger partial charge in [0.05, 0.1) is 66.2 Å². The first kappa shape index (κ1) is 16.8. The summed E-state index contributed by atoms with van der Waals surface area (Å²) in [5.41, 5.74) is 3.14. The van der Waals surface area contributed by atoms with Crippen LogP contribution in [0.2, 0.25) is 5.02 Å². The molecule has 1 aliphatic carbocycles. The number of likely N-dealkylation sites (N-methyl/N-ethyl adjacent to an activating group) is 1. The number of hydrogen-bond acceptors (Lipinski definition) is 5. The van der Waals surface area contributed by atoms with Gasteiger partial charge >= 0.3 is 0 Å². The van der Waals surface area contributed by atoms with Crippen molar-refractivity contribution in [3.8, 4) is 5.69 Å². The van der Waals surface area contributed by atoms with E-state index in [0.29, 0.717) is 18.1 Å². The molecule has 1 aromatic carbocycles. The van der Waals surface area contributed by atoms with Crippen molar-refractivity contribution in [2.24, 2.45) is 0 Å². The van der Waals surface area contributed by atoms with Crippen molar-refractivity contribution in [2.75, 3.05) is 38.3 Å². The van der Waals surface area contributed by atoms with Crippen LogP contribution in [-0.2, 0) is 4.74 Å². The standard InChI is InChI=1S/C20H23ClN6O/c1-24-8-16-11-28-12-17(9-24)26(16)20-5-19-13(4-18(20)21)6-23-27(19)15-7-22-25(10-15)14-2-3-14/h4-7,10,14,16-17H,2-3,8-9,11-12H2,1H3/t16-,17+. The first-order valence-corrected chi connectivity index (χ1v) is 10.3. The van der Waals surface area contributed by atoms with Crippen molar-refractivity contribution >= 4 is 28.2 Å². The van der Waals surface area contributed by atoms with Crippen LogP contribution >= 0.6 is 11.6 Å². The summed E-state index contributed by atoms with van der Waals surface area (Å²) in [6.07, 6.45) is 8.31. The van der Waals surface area contributed by atoms with Crippen LogP contribution in [0.5, 0.6) is 0 Å². The predicted octanol–water partition coefficient (Wildman–Crippen LogP) is 2.73. The Morgan fingerprint density at radius 3 is 2.57 bits per heavy atom. The number of nitrogens with zero attached hydrogens (tertiary/aromatic N) is 6. The van der Waals surface area contributed by atoms with Gasteiger partial charge in [0.25, 0.3) is 0 Å². The van der Waals surface area contributed by atoms with E-state index in [1.807, 2.05) is 23.1 Å². The highest BCUT2D eigenvalue weighted by atomic mass is 35.5. The van der Waals surface area contributed by atoms with Gasteiger partial charge in [0.2, 0.25) is 0 Å². The van der Waals surface area contributed by atoms with Crippen LogP contribution in [0, 0.1) is 0 Å². The summed E-state index contributed by atoms with van der Waals surface area (Å²) in [7, 11) is 2.18. The Hall–Kier alpha value is -2.09. The molecule has 7 nitrogen and oxygen atoms in total. The normalized spacial score (nSPS) is 25.6. The van der Waals surface area contributed by atoms with Crippen molar-refractivity contribution < 1.29 is 4.74 Å². The largest absolute Gasteiger partial charge is 0.377 e. The third-order valence-corrected chi connectivity index (χ3v) is 6.42. The second kappa shape index (κ2) is 6.20. The third kappa shape index (κ3) is 2.64. The van der Waals surface area contributed by atoms with Crippen molar-refractivity contribution in [3.63, 3.8) is 0 Å². The van der Waals surface area contributed by atoms with Gasteiger partial charge in [0.15, 0.2) is 0 Å². The summed E-state index contributed by atoms with van der Waals surface area (Å²) in [6.45, 7) is 3.45. The van der Waals surface area contributed by atoms with E-state index in [-0.39, 0.29) is 0 Å².